The maximum Gasteiger partial charge on any atom is 0.254 e. The van der Waals surface area contributed by atoms with Gasteiger partial charge in [0, 0.05) is 24.8 Å². The van der Waals surface area contributed by atoms with Crippen LogP contribution in [0.15, 0.2) is 23.9 Å². The van der Waals surface area contributed by atoms with Gasteiger partial charge in [-0.05, 0) is 63.7 Å². The molecular formula is C22H31N3O. The van der Waals surface area contributed by atoms with Gasteiger partial charge in [0.2, 0.25) is 0 Å². The molecule has 0 aromatic carbocycles. The smallest absolute Gasteiger partial charge is 0.254 e. The second kappa shape index (κ2) is 8.07. The van der Waals surface area contributed by atoms with Gasteiger partial charge in [-0.15, -0.1) is 0 Å². The molecule has 2 heterocycles. The first-order valence-corrected chi connectivity index (χ1v) is 10.1. The lowest BCUT2D eigenvalue weighted by Crippen LogP contribution is -2.30. The maximum atomic E-state index is 12.7. The molecule has 4 heteroatoms. The highest BCUT2D eigenvalue weighted by atomic mass is 16.2. The lowest BCUT2D eigenvalue weighted by Gasteiger charge is -2.18. The molecule has 1 aliphatic rings. The third-order valence-corrected chi connectivity index (χ3v) is 5.37. The second-order valence-electron chi connectivity index (χ2n) is 7.52. The molecule has 0 unspecified atom stereocenters. The number of imidazole rings is 1. The molecule has 0 spiro atoms. The van der Waals surface area contributed by atoms with Crippen molar-refractivity contribution in [1.82, 2.24) is 14.3 Å². The zero-order chi connectivity index (χ0) is 18.7. The molecule has 0 N–H and O–H groups in total. The molecule has 1 fully saturated rings. The molecule has 2 aromatic heterocycles. The number of allylic oxidation sites excluding steroid dienone is 1. The van der Waals surface area contributed by atoms with E-state index in [-0.39, 0.29) is 5.91 Å². The Hall–Kier alpha value is -2.10. The van der Waals surface area contributed by atoms with Gasteiger partial charge < -0.3 is 4.90 Å². The molecule has 26 heavy (non-hydrogen) atoms. The number of amides is 1. The lowest BCUT2D eigenvalue weighted by molar-refractivity contribution is 0.0773. The van der Waals surface area contributed by atoms with Crippen molar-refractivity contribution in [3.05, 3.63) is 40.9 Å². The Morgan fingerprint density at radius 2 is 1.92 bits per heavy atom. The summed E-state index contributed by atoms with van der Waals surface area (Å²) >= 11 is 0. The van der Waals surface area contributed by atoms with E-state index in [1.54, 1.807) is 0 Å². The number of hydrogen-bond acceptors (Lipinski definition) is 2. The van der Waals surface area contributed by atoms with Gasteiger partial charge in [0.25, 0.3) is 5.91 Å². The SMILES string of the molecule is CCN(CC)C(=O)c1ccn2c(C=C3CCCCC3)c(C(C)C)nc2c1. The Morgan fingerprint density at radius 3 is 2.54 bits per heavy atom. The van der Waals surface area contributed by atoms with Gasteiger partial charge in [-0.1, -0.05) is 25.8 Å². The van der Waals surface area contributed by atoms with Crippen LogP contribution in [0.25, 0.3) is 11.7 Å². The van der Waals surface area contributed by atoms with Crippen LogP contribution in [0.3, 0.4) is 0 Å². The molecule has 0 bridgehead atoms. The predicted octanol–water partition coefficient (Wildman–Crippen LogP) is 5.29. The summed E-state index contributed by atoms with van der Waals surface area (Å²) in [5.74, 6) is 0.436. The molecule has 3 rings (SSSR count). The number of nitrogens with zero attached hydrogens (tertiary/aromatic N) is 3. The topological polar surface area (TPSA) is 37.6 Å². The van der Waals surface area contributed by atoms with Crippen molar-refractivity contribution < 1.29 is 4.79 Å². The number of pyridine rings is 1. The lowest BCUT2D eigenvalue weighted by atomic mass is 9.93. The zero-order valence-electron chi connectivity index (χ0n) is 16.6. The maximum absolute atomic E-state index is 12.7. The van der Waals surface area contributed by atoms with Crippen LogP contribution in [0.4, 0.5) is 0 Å². The molecule has 1 saturated carbocycles. The largest absolute Gasteiger partial charge is 0.339 e. The van der Waals surface area contributed by atoms with Gasteiger partial charge in [0.15, 0.2) is 0 Å². The highest BCUT2D eigenvalue weighted by Crippen LogP contribution is 2.29. The Morgan fingerprint density at radius 1 is 1.23 bits per heavy atom. The Labute approximate surface area is 156 Å². The van der Waals surface area contributed by atoms with Crippen LogP contribution in [0.1, 0.15) is 87.5 Å². The second-order valence-corrected chi connectivity index (χ2v) is 7.52. The summed E-state index contributed by atoms with van der Waals surface area (Å²) in [6, 6.07) is 3.87. The summed E-state index contributed by atoms with van der Waals surface area (Å²) in [5, 5.41) is 0. The highest BCUT2D eigenvalue weighted by molar-refractivity contribution is 5.95. The van der Waals surface area contributed by atoms with Crippen molar-refractivity contribution in [1.29, 1.82) is 0 Å². The third-order valence-electron chi connectivity index (χ3n) is 5.37. The highest BCUT2D eigenvalue weighted by Gasteiger charge is 2.18. The molecule has 1 aliphatic carbocycles. The summed E-state index contributed by atoms with van der Waals surface area (Å²) in [4.78, 5) is 19.4. The summed E-state index contributed by atoms with van der Waals surface area (Å²) in [7, 11) is 0. The molecule has 140 valence electrons. The fraction of sp³-hybridized carbons (Fsp3) is 0.545. The minimum Gasteiger partial charge on any atom is -0.339 e. The first-order valence-electron chi connectivity index (χ1n) is 10.1. The van der Waals surface area contributed by atoms with E-state index < -0.39 is 0 Å². The molecule has 0 atom stereocenters. The van der Waals surface area contributed by atoms with Crippen molar-refractivity contribution in [2.45, 2.75) is 65.7 Å². The van der Waals surface area contributed by atoms with Crippen LogP contribution in [0.5, 0.6) is 0 Å². The van der Waals surface area contributed by atoms with Gasteiger partial charge >= 0.3 is 0 Å². The van der Waals surface area contributed by atoms with Crippen LogP contribution >= 0.6 is 0 Å². The number of fused-ring (bicyclic) bond motifs is 1. The molecule has 0 radical (unpaired) electrons. The molecule has 4 nitrogen and oxygen atoms in total. The minimum atomic E-state index is 0.0822. The fourth-order valence-electron chi connectivity index (χ4n) is 3.82. The summed E-state index contributed by atoms with van der Waals surface area (Å²) in [6.45, 7) is 9.86. The summed E-state index contributed by atoms with van der Waals surface area (Å²) in [5.41, 5.74) is 5.43. The van der Waals surface area contributed by atoms with Crippen molar-refractivity contribution in [3.8, 4) is 0 Å². The van der Waals surface area contributed by atoms with E-state index >= 15 is 0 Å². The van der Waals surface area contributed by atoms with Crippen molar-refractivity contribution in [2.24, 2.45) is 0 Å². The standard InChI is InChI=1S/C22H31N3O/c1-5-24(6-2)22(26)18-12-13-25-19(14-17-10-8-7-9-11-17)21(16(3)4)23-20(25)15-18/h12-16H,5-11H2,1-4H3. The van der Waals surface area contributed by atoms with Gasteiger partial charge in [-0.25, -0.2) is 4.98 Å². The first kappa shape index (κ1) is 18.7. The molecule has 1 amide bonds. The van der Waals surface area contributed by atoms with Crippen molar-refractivity contribution >= 4 is 17.6 Å². The predicted molar refractivity (Wildman–Crippen MR) is 108 cm³/mol. The quantitative estimate of drug-likeness (QED) is 0.732. The molecule has 0 saturated heterocycles. The van der Waals surface area contributed by atoms with E-state index in [1.807, 2.05) is 37.1 Å². The summed E-state index contributed by atoms with van der Waals surface area (Å²) < 4.78 is 2.15. The number of aromatic nitrogens is 2. The average molecular weight is 354 g/mol. The number of carbonyl (C=O) groups is 1. The first-order chi connectivity index (χ1) is 12.5. The van der Waals surface area contributed by atoms with Crippen LogP contribution in [-0.4, -0.2) is 33.3 Å². The monoisotopic (exact) mass is 353 g/mol. The van der Waals surface area contributed by atoms with E-state index in [4.69, 9.17) is 4.98 Å². The van der Waals surface area contributed by atoms with Gasteiger partial charge in [-0.2, -0.15) is 0 Å². The Bertz CT molecular complexity index is 804. The summed E-state index contributed by atoms with van der Waals surface area (Å²) in [6.07, 6.45) is 10.7. The van der Waals surface area contributed by atoms with E-state index in [9.17, 15) is 4.79 Å². The van der Waals surface area contributed by atoms with Crippen LogP contribution in [0, 0.1) is 0 Å². The average Bonchev–Trinajstić information content (AvgIpc) is 3.01. The van der Waals surface area contributed by atoms with Crippen molar-refractivity contribution in [2.75, 3.05) is 13.1 Å². The van der Waals surface area contributed by atoms with E-state index in [1.165, 1.54) is 43.4 Å². The number of carbonyl (C=O) groups excluding carboxylic acids is 1. The third kappa shape index (κ3) is 3.69. The van der Waals surface area contributed by atoms with Gasteiger partial charge in [0.1, 0.15) is 5.65 Å². The zero-order valence-corrected chi connectivity index (χ0v) is 16.6. The van der Waals surface area contributed by atoms with E-state index in [0.29, 0.717) is 5.92 Å². The number of hydrogen-bond donors (Lipinski definition) is 0. The van der Waals surface area contributed by atoms with E-state index in [2.05, 4.69) is 24.3 Å². The Kier molecular flexibility index (Phi) is 5.80. The Balaban J connectivity index is 2.04. The van der Waals surface area contributed by atoms with E-state index in [0.717, 1.165) is 30.0 Å². The van der Waals surface area contributed by atoms with Crippen LogP contribution in [-0.2, 0) is 0 Å². The normalized spacial score (nSPS) is 14.9. The minimum absolute atomic E-state index is 0.0822. The molecule has 2 aromatic rings. The fourth-order valence-corrected chi connectivity index (χ4v) is 3.82. The van der Waals surface area contributed by atoms with Gasteiger partial charge in [-0.3, -0.25) is 9.20 Å². The van der Waals surface area contributed by atoms with Crippen LogP contribution in [0.2, 0.25) is 0 Å². The van der Waals surface area contributed by atoms with Gasteiger partial charge in [0.05, 0.1) is 11.4 Å². The van der Waals surface area contributed by atoms with Crippen LogP contribution < -0.4 is 0 Å². The molecular weight excluding hydrogens is 322 g/mol. The molecule has 0 aliphatic heterocycles. The van der Waals surface area contributed by atoms with Crippen molar-refractivity contribution in [3.63, 3.8) is 0 Å². The number of rotatable bonds is 5.